The van der Waals surface area contributed by atoms with E-state index in [4.69, 9.17) is 0 Å². The fourth-order valence-corrected chi connectivity index (χ4v) is 3.51. The summed E-state index contributed by atoms with van der Waals surface area (Å²) >= 11 is 0. The number of allylic oxidation sites excluding steroid dienone is 4. The Hall–Kier alpha value is -2.51. The molecule has 0 spiro atoms. The highest BCUT2D eigenvalue weighted by Crippen LogP contribution is 2.40. The van der Waals surface area contributed by atoms with Crippen LogP contribution in [0.2, 0.25) is 0 Å². The topological polar surface area (TPSA) is 57.5 Å². The summed E-state index contributed by atoms with van der Waals surface area (Å²) in [5.41, 5.74) is 4.12. The molecule has 1 aliphatic rings. The van der Waals surface area contributed by atoms with Crippen LogP contribution in [0, 0.1) is 0 Å². The predicted octanol–water partition coefficient (Wildman–Crippen LogP) is 4.42. The van der Waals surface area contributed by atoms with Crippen molar-refractivity contribution in [3.8, 4) is 11.5 Å². The summed E-state index contributed by atoms with van der Waals surface area (Å²) in [6, 6.07) is 14.0. The second-order valence-corrected chi connectivity index (χ2v) is 6.34. The number of hydrogen-bond donors (Lipinski definition) is 2. The van der Waals surface area contributed by atoms with Crippen LogP contribution in [-0.2, 0) is 4.57 Å². The minimum Gasteiger partial charge on any atom is -0.508 e. The molecule has 116 valence electrons. The maximum absolute atomic E-state index is 11.7. The zero-order valence-electron chi connectivity index (χ0n) is 12.7. The van der Waals surface area contributed by atoms with Crippen molar-refractivity contribution in [1.29, 1.82) is 0 Å². The van der Waals surface area contributed by atoms with Crippen molar-refractivity contribution in [3.05, 3.63) is 77.4 Å². The average molecular weight is 324 g/mol. The van der Waals surface area contributed by atoms with Crippen molar-refractivity contribution in [1.82, 2.24) is 0 Å². The van der Waals surface area contributed by atoms with Crippen LogP contribution in [0.25, 0.3) is 5.57 Å². The minimum absolute atomic E-state index is 0.124. The summed E-state index contributed by atoms with van der Waals surface area (Å²) in [4.78, 5) is 0. The second kappa shape index (κ2) is 6.31. The van der Waals surface area contributed by atoms with E-state index < -0.39 is 8.08 Å². The van der Waals surface area contributed by atoms with Gasteiger partial charge in [0.05, 0.1) is 8.08 Å². The number of aromatic hydroxyl groups is 2. The van der Waals surface area contributed by atoms with Gasteiger partial charge in [-0.15, -0.1) is 0 Å². The molecular formula is C19H17O3P. The van der Waals surface area contributed by atoms with E-state index in [1.165, 1.54) is 0 Å². The lowest BCUT2D eigenvalue weighted by Gasteiger charge is -2.26. The Morgan fingerprint density at radius 2 is 1.43 bits per heavy atom. The van der Waals surface area contributed by atoms with E-state index >= 15 is 0 Å². The van der Waals surface area contributed by atoms with Gasteiger partial charge >= 0.3 is 0 Å². The summed E-state index contributed by atoms with van der Waals surface area (Å²) in [5.74, 6) is 0.300. The second-order valence-electron chi connectivity index (χ2n) is 5.56. The van der Waals surface area contributed by atoms with Crippen molar-refractivity contribution < 1.29 is 14.8 Å². The van der Waals surface area contributed by atoms with Gasteiger partial charge in [-0.2, -0.15) is 0 Å². The number of phenols is 2. The fraction of sp³-hybridized carbons (Fsp3) is 0.105. The zero-order valence-corrected chi connectivity index (χ0v) is 13.7. The molecule has 2 aromatic rings. The van der Waals surface area contributed by atoms with Crippen molar-refractivity contribution in [2.45, 2.75) is 12.8 Å². The lowest BCUT2D eigenvalue weighted by Crippen LogP contribution is -2.15. The van der Waals surface area contributed by atoms with Crippen LogP contribution in [-0.4, -0.2) is 15.5 Å². The molecule has 23 heavy (non-hydrogen) atoms. The quantitative estimate of drug-likeness (QED) is 0.804. The maximum atomic E-state index is 11.7. The standard InChI is InChI=1S/C19H17O3P/c1-12-2-11-17(23-22)19(14-5-9-16(21)10-6-14)18(12)13-3-7-15(20)8-4-13/h2-11,19-21,23H,1H3. The molecule has 0 amide bonds. The molecule has 0 bridgehead atoms. The van der Waals surface area contributed by atoms with Crippen LogP contribution < -0.4 is 0 Å². The first kappa shape index (κ1) is 15.4. The first-order valence-corrected chi connectivity index (χ1v) is 8.23. The summed E-state index contributed by atoms with van der Waals surface area (Å²) in [7, 11) is -0.538. The summed E-state index contributed by atoms with van der Waals surface area (Å²) in [6.07, 6.45) is 3.88. The van der Waals surface area contributed by atoms with Crippen LogP contribution in [0.5, 0.6) is 11.5 Å². The highest BCUT2D eigenvalue weighted by atomic mass is 31.0. The average Bonchev–Trinajstić information content (AvgIpc) is 2.56. The van der Waals surface area contributed by atoms with Gasteiger partial charge in [0, 0.05) is 11.2 Å². The molecule has 3 nitrogen and oxygen atoms in total. The number of hydrogen-bond acceptors (Lipinski definition) is 3. The molecule has 0 aromatic heterocycles. The first-order valence-electron chi connectivity index (χ1n) is 7.32. The molecule has 4 heteroatoms. The van der Waals surface area contributed by atoms with Gasteiger partial charge in [0.15, 0.2) is 0 Å². The minimum atomic E-state index is -0.538. The SMILES string of the molecule is CC1=C(c2ccc(O)cc2)C(c2ccc(O)cc2)C(=[PH]=O)C=C1. The van der Waals surface area contributed by atoms with Gasteiger partial charge in [-0.25, -0.2) is 0 Å². The largest absolute Gasteiger partial charge is 0.508 e. The first-order chi connectivity index (χ1) is 11.1. The van der Waals surface area contributed by atoms with E-state index in [0.29, 0.717) is 0 Å². The molecule has 1 aliphatic carbocycles. The zero-order chi connectivity index (χ0) is 16.4. The highest BCUT2D eigenvalue weighted by molar-refractivity contribution is 7.28. The molecule has 3 rings (SSSR count). The fourth-order valence-electron chi connectivity index (χ4n) is 2.93. The molecule has 0 radical (unpaired) electrons. The van der Waals surface area contributed by atoms with Crippen LogP contribution >= 0.6 is 8.08 Å². The molecule has 0 saturated heterocycles. The van der Waals surface area contributed by atoms with Crippen molar-refractivity contribution >= 4 is 19.0 Å². The van der Waals surface area contributed by atoms with E-state index in [2.05, 4.69) is 0 Å². The van der Waals surface area contributed by atoms with Gasteiger partial charge < -0.3 is 10.2 Å². The van der Waals surface area contributed by atoms with Crippen LogP contribution in [0.4, 0.5) is 0 Å². The van der Waals surface area contributed by atoms with E-state index in [1.54, 1.807) is 24.3 Å². The number of phenolic OH excluding ortho intramolecular Hbond substituents is 2. The van der Waals surface area contributed by atoms with Crippen LogP contribution in [0.3, 0.4) is 0 Å². The molecule has 2 atom stereocenters. The maximum Gasteiger partial charge on any atom is 0.115 e. The predicted molar refractivity (Wildman–Crippen MR) is 94.7 cm³/mol. The smallest absolute Gasteiger partial charge is 0.115 e. The molecule has 0 fully saturated rings. The van der Waals surface area contributed by atoms with Gasteiger partial charge in [0.25, 0.3) is 0 Å². The van der Waals surface area contributed by atoms with Gasteiger partial charge in [-0.1, -0.05) is 36.4 Å². The number of rotatable bonds is 2. The Balaban J connectivity index is 2.19. The van der Waals surface area contributed by atoms with E-state index in [0.717, 1.165) is 27.6 Å². The Labute approximate surface area is 136 Å². The third-order valence-electron chi connectivity index (χ3n) is 4.06. The van der Waals surface area contributed by atoms with Crippen LogP contribution in [0.1, 0.15) is 24.0 Å². The van der Waals surface area contributed by atoms with E-state index in [9.17, 15) is 14.8 Å². The van der Waals surface area contributed by atoms with Gasteiger partial charge in [-0.3, -0.25) is 4.57 Å². The number of benzene rings is 2. The lowest BCUT2D eigenvalue weighted by atomic mass is 9.79. The van der Waals surface area contributed by atoms with E-state index in [-0.39, 0.29) is 17.4 Å². The lowest BCUT2D eigenvalue weighted by molar-refractivity contribution is 0.474. The Morgan fingerprint density at radius 1 is 0.870 bits per heavy atom. The molecule has 0 heterocycles. The van der Waals surface area contributed by atoms with E-state index in [1.807, 2.05) is 43.3 Å². The summed E-state index contributed by atoms with van der Waals surface area (Å²) < 4.78 is 11.7. The van der Waals surface area contributed by atoms with Crippen LogP contribution in [0.15, 0.2) is 66.3 Å². The monoisotopic (exact) mass is 324 g/mol. The normalized spacial score (nSPS) is 17.8. The van der Waals surface area contributed by atoms with Gasteiger partial charge in [0.2, 0.25) is 0 Å². The van der Waals surface area contributed by atoms with Gasteiger partial charge in [0.1, 0.15) is 11.5 Å². The molecule has 0 saturated carbocycles. The summed E-state index contributed by atoms with van der Waals surface area (Å²) in [6.45, 7) is 2.02. The molecule has 2 aromatic carbocycles. The third-order valence-corrected chi connectivity index (χ3v) is 4.75. The highest BCUT2D eigenvalue weighted by Gasteiger charge is 2.25. The third kappa shape index (κ3) is 3.01. The summed E-state index contributed by atoms with van der Waals surface area (Å²) in [5, 5.41) is 19.9. The molecule has 2 N–H and O–H groups in total. The molecular weight excluding hydrogens is 307 g/mol. The Bertz CT molecular complexity index is 839. The van der Waals surface area contributed by atoms with Crippen molar-refractivity contribution in [2.75, 3.05) is 0 Å². The van der Waals surface area contributed by atoms with Crippen molar-refractivity contribution in [2.24, 2.45) is 0 Å². The Kier molecular flexibility index (Phi) is 4.22. The Morgan fingerprint density at radius 3 is 2.00 bits per heavy atom. The molecule has 2 unspecified atom stereocenters. The van der Waals surface area contributed by atoms with Gasteiger partial charge in [-0.05, 0) is 53.5 Å². The van der Waals surface area contributed by atoms with Crippen molar-refractivity contribution in [3.63, 3.8) is 0 Å². The molecule has 0 aliphatic heterocycles.